The van der Waals surface area contributed by atoms with E-state index in [-0.39, 0.29) is 15.8 Å². The van der Waals surface area contributed by atoms with Crippen molar-refractivity contribution in [1.82, 2.24) is 0 Å². The number of hydrogen-bond acceptors (Lipinski definition) is 4. The van der Waals surface area contributed by atoms with Gasteiger partial charge in [-0.2, -0.15) is 0 Å². The number of carbonyl (C=O) groups excluding carboxylic acids is 3. The Balaban J connectivity index is 1.49. The summed E-state index contributed by atoms with van der Waals surface area (Å²) in [6.45, 7) is 0. The van der Waals surface area contributed by atoms with Gasteiger partial charge in [-0.15, -0.1) is 0 Å². The average molecular weight is 521 g/mol. The highest BCUT2D eigenvalue weighted by Gasteiger charge is 2.39. The molecule has 3 aromatic carbocycles. The second-order valence-electron chi connectivity index (χ2n) is 6.87. The lowest BCUT2D eigenvalue weighted by Gasteiger charge is -2.15. The van der Waals surface area contributed by atoms with Crippen molar-refractivity contribution < 1.29 is 14.4 Å². The molecule has 0 fully saturated rings. The highest BCUT2D eigenvalue weighted by Crippen LogP contribution is 2.32. The summed E-state index contributed by atoms with van der Waals surface area (Å²) in [4.78, 5) is 38.9. The summed E-state index contributed by atoms with van der Waals surface area (Å²) in [5.41, 5.74) is 1.40. The molecule has 4 rings (SSSR count). The summed E-state index contributed by atoms with van der Waals surface area (Å²) >= 11 is 24.2. The molecule has 1 heterocycles. The lowest BCUT2D eigenvalue weighted by atomic mass is 10.2. The predicted molar refractivity (Wildman–Crippen MR) is 131 cm³/mol. The van der Waals surface area contributed by atoms with Gasteiger partial charge in [0.25, 0.3) is 17.7 Å². The molecule has 0 atom stereocenters. The van der Waals surface area contributed by atoms with Crippen molar-refractivity contribution in [1.29, 1.82) is 0 Å². The number of benzene rings is 3. The maximum absolute atomic E-state index is 12.9. The number of carbonyl (C=O) groups is 3. The molecule has 6 nitrogen and oxygen atoms in total. The first-order valence-corrected chi connectivity index (χ1v) is 10.9. The van der Waals surface area contributed by atoms with Crippen molar-refractivity contribution in [2.75, 3.05) is 15.5 Å². The molecule has 0 aromatic heterocycles. The van der Waals surface area contributed by atoms with E-state index < -0.39 is 17.7 Å². The SMILES string of the molecule is O=C(Nc1cccc(Cl)c1Cl)c1ccc(NC2=C(Cl)C(=O)N(c3cccc(Cl)c3)C2=O)cc1. The molecule has 0 spiro atoms. The van der Waals surface area contributed by atoms with Crippen molar-refractivity contribution in [2.24, 2.45) is 0 Å². The molecule has 0 bridgehead atoms. The Morgan fingerprint density at radius 2 is 1.52 bits per heavy atom. The number of rotatable bonds is 5. The van der Waals surface area contributed by atoms with E-state index >= 15 is 0 Å². The van der Waals surface area contributed by atoms with Crippen LogP contribution in [0.25, 0.3) is 0 Å². The molecule has 0 aliphatic carbocycles. The first kappa shape index (κ1) is 23.1. The first-order valence-electron chi connectivity index (χ1n) is 9.43. The van der Waals surface area contributed by atoms with Crippen LogP contribution >= 0.6 is 46.4 Å². The molecule has 3 aromatic rings. The third-order valence-corrected chi connectivity index (χ3v) is 6.11. The second-order valence-corrected chi connectivity index (χ2v) is 8.47. The van der Waals surface area contributed by atoms with Crippen molar-refractivity contribution in [3.8, 4) is 0 Å². The van der Waals surface area contributed by atoms with Gasteiger partial charge in [0.05, 0.1) is 21.4 Å². The van der Waals surface area contributed by atoms with E-state index in [0.29, 0.717) is 32.7 Å². The Morgan fingerprint density at radius 1 is 0.818 bits per heavy atom. The zero-order chi connectivity index (χ0) is 23.7. The Bertz CT molecular complexity index is 1320. The average Bonchev–Trinajstić information content (AvgIpc) is 3.00. The van der Waals surface area contributed by atoms with Gasteiger partial charge in [0.15, 0.2) is 0 Å². The van der Waals surface area contributed by atoms with Gasteiger partial charge in [-0.3, -0.25) is 14.4 Å². The van der Waals surface area contributed by atoms with E-state index in [1.807, 2.05) is 0 Å². The molecule has 33 heavy (non-hydrogen) atoms. The van der Waals surface area contributed by atoms with Crippen molar-refractivity contribution in [2.45, 2.75) is 0 Å². The largest absolute Gasteiger partial charge is 0.350 e. The van der Waals surface area contributed by atoms with Crippen LogP contribution < -0.4 is 15.5 Å². The summed E-state index contributed by atoms with van der Waals surface area (Å²) < 4.78 is 0. The zero-order valence-electron chi connectivity index (χ0n) is 16.5. The molecule has 1 aliphatic heterocycles. The van der Waals surface area contributed by atoms with Crippen molar-refractivity contribution in [3.63, 3.8) is 0 Å². The summed E-state index contributed by atoms with van der Waals surface area (Å²) in [7, 11) is 0. The Morgan fingerprint density at radius 3 is 2.21 bits per heavy atom. The Labute approximate surface area is 208 Å². The van der Waals surface area contributed by atoms with Gasteiger partial charge in [0.2, 0.25) is 0 Å². The van der Waals surface area contributed by atoms with Gasteiger partial charge in [-0.05, 0) is 54.6 Å². The minimum atomic E-state index is -0.666. The number of halogens is 4. The molecule has 0 radical (unpaired) electrons. The molecule has 1 aliphatic rings. The van der Waals surface area contributed by atoms with Crippen LogP contribution in [0.2, 0.25) is 15.1 Å². The van der Waals surface area contributed by atoms with E-state index in [1.165, 1.54) is 6.07 Å². The van der Waals surface area contributed by atoms with Gasteiger partial charge in [-0.25, -0.2) is 4.90 Å². The van der Waals surface area contributed by atoms with Crippen LogP contribution in [0.5, 0.6) is 0 Å². The van der Waals surface area contributed by atoms with Crippen molar-refractivity contribution >= 4 is 81.2 Å². The number of imide groups is 1. The number of amides is 3. The lowest BCUT2D eigenvalue weighted by Crippen LogP contribution is -2.32. The van der Waals surface area contributed by atoms with Crippen molar-refractivity contribution in [3.05, 3.63) is 98.1 Å². The van der Waals surface area contributed by atoms with Crippen LogP contribution in [0, 0.1) is 0 Å². The van der Waals surface area contributed by atoms with Gasteiger partial charge in [0.1, 0.15) is 10.7 Å². The van der Waals surface area contributed by atoms with Gasteiger partial charge in [0, 0.05) is 16.3 Å². The minimum absolute atomic E-state index is 0.0791. The normalized spacial score (nSPS) is 13.5. The quantitative estimate of drug-likeness (QED) is 0.385. The van der Waals surface area contributed by atoms with Crippen LogP contribution in [0.15, 0.2) is 77.5 Å². The number of anilines is 3. The van der Waals surface area contributed by atoms with Crippen LogP contribution in [0.4, 0.5) is 17.1 Å². The highest BCUT2D eigenvalue weighted by molar-refractivity contribution is 6.53. The van der Waals surface area contributed by atoms with E-state index in [2.05, 4.69) is 10.6 Å². The zero-order valence-corrected chi connectivity index (χ0v) is 19.6. The summed E-state index contributed by atoms with van der Waals surface area (Å²) in [6.07, 6.45) is 0. The fraction of sp³-hybridized carbons (Fsp3) is 0. The fourth-order valence-electron chi connectivity index (χ4n) is 3.11. The molecule has 0 saturated carbocycles. The molecule has 166 valence electrons. The van der Waals surface area contributed by atoms with Gasteiger partial charge >= 0.3 is 0 Å². The standard InChI is InChI=1S/C23H13Cl4N3O3/c24-13-3-1-4-15(11-13)30-22(32)19(27)20(23(30)33)28-14-9-7-12(8-10-14)21(31)29-17-6-2-5-16(25)18(17)26/h1-11,28H,(H,29,31). The maximum Gasteiger partial charge on any atom is 0.283 e. The second kappa shape index (κ2) is 9.45. The third kappa shape index (κ3) is 4.70. The van der Waals surface area contributed by atoms with Crippen LogP contribution in [0.1, 0.15) is 10.4 Å². The summed E-state index contributed by atoms with van der Waals surface area (Å²) in [6, 6.07) is 17.5. The summed E-state index contributed by atoms with van der Waals surface area (Å²) in [5.74, 6) is -1.69. The molecule has 0 unspecified atom stereocenters. The molecule has 10 heteroatoms. The lowest BCUT2D eigenvalue weighted by molar-refractivity contribution is -0.120. The maximum atomic E-state index is 12.9. The van der Waals surface area contributed by atoms with E-state index in [1.54, 1.807) is 60.7 Å². The molecular formula is C23H13Cl4N3O3. The molecule has 2 N–H and O–H groups in total. The van der Waals surface area contributed by atoms with Crippen LogP contribution in [0.3, 0.4) is 0 Å². The monoisotopic (exact) mass is 519 g/mol. The molecular weight excluding hydrogens is 508 g/mol. The van der Waals surface area contributed by atoms with Crippen LogP contribution in [-0.4, -0.2) is 17.7 Å². The number of hydrogen-bond donors (Lipinski definition) is 2. The van der Waals surface area contributed by atoms with Gasteiger partial charge in [-0.1, -0.05) is 58.5 Å². The third-order valence-electron chi connectivity index (χ3n) is 4.71. The molecule has 3 amide bonds. The van der Waals surface area contributed by atoms with E-state index in [0.717, 1.165) is 4.90 Å². The van der Waals surface area contributed by atoms with E-state index in [4.69, 9.17) is 46.4 Å². The topological polar surface area (TPSA) is 78.5 Å². The van der Waals surface area contributed by atoms with Crippen LogP contribution in [-0.2, 0) is 9.59 Å². The molecule has 0 saturated heterocycles. The number of nitrogens with one attached hydrogen (secondary N) is 2. The Hall–Kier alpha value is -3.03. The smallest absolute Gasteiger partial charge is 0.283 e. The Kier molecular flexibility index (Phi) is 6.63. The van der Waals surface area contributed by atoms with E-state index in [9.17, 15) is 14.4 Å². The summed E-state index contributed by atoms with van der Waals surface area (Å²) in [5, 5.41) is 6.22. The first-order chi connectivity index (χ1) is 15.8. The fourth-order valence-corrected chi connectivity index (χ4v) is 3.85. The van der Waals surface area contributed by atoms with Gasteiger partial charge < -0.3 is 10.6 Å². The number of nitrogens with zero attached hydrogens (tertiary/aromatic N) is 1. The minimum Gasteiger partial charge on any atom is -0.350 e. The predicted octanol–water partition coefficient (Wildman–Crippen LogP) is 6.33. The highest BCUT2D eigenvalue weighted by atomic mass is 35.5.